The van der Waals surface area contributed by atoms with Crippen LogP contribution < -0.4 is 10.1 Å². The summed E-state index contributed by atoms with van der Waals surface area (Å²) in [7, 11) is 1.72. The summed E-state index contributed by atoms with van der Waals surface area (Å²) in [5.41, 5.74) is 1.54. The molecule has 94 valence electrons. The van der Waals surface area contributed by atoms with E-state index in [2.05, 4.69) is 42.3 Å². The monoisotopic (exact) mass is 234 g/mol. The minimum Gasteiger partial charge on any atom is -0.497 e. The lowest BCUT2D eigenvalue weighted by Gasteiger charge is -2.42. The summed E-state index contributed by atoms with van der Waals surface area (Å²) in [5, 5.41) is 3.45. The molecule has 1 aromatic carbocycles. The fourth-order valence-electron chi connectivity index (χ4n) is 2.31. The van der Waals surface area contributed by atoms with Crippen LogP contribution in [0.5, 0.6) is 5.75 Å². The fourth-order valence-corrected chi connectivity index (χ4v) is 2.31. The summed E-state index contributed by atoms with van der Waals surface area (Å²) in [5.74, 6) is 0.940. The molecule has 17 heavy (non-hydrogen) atoms. The molecule has 0 unspecified atom stereocenters. The molecular formula is C14H22N2O. The molecule has 1 N–H and O–H groups in total. The third-order valence-electron chi connectivity index (χ3n) is 3.48. The van der Waals surface area contributed by atoms with Gasteiger partial charge in [0.2, 0.25) is 0 Å². The maximum atomic E-state index is 5.27. The number of piperazine rings is 1. The van der Waals surface area contributed by atoms with Crippen LogP contribution in [0.4, 0.5) is 0 Å². The largest absolute Gasteiger partial charge is 0.497 e. The molecule has 0 aromatic heterocycles. The lowest BCUT2D eigenvalue weighted by Crippen LogP contribution is -2.57. The Morgan fingerprint density at radius 2 is 2.24 bits per heavy atom. The molecule has 0 spiro atoms. The molecule has 0 bridgehead atoms. The van der Waals surface area contributed by atoms with Gasteiger partial charge in [-0.3, -0.25) is 4.90 Å². The zero-order valence-corrected chi connectivity index (χ0v) is 11.0. The van der Waals surface area contributed by atoms with E-state index in [0.29, 0.717) is 0 Å². The Labute approximate surface area is 104 Å². The van der Waals surface area contributed by atoms with Crippen molar-refractivity contribution >= 4 is 0 Å². The quantitative estimate of drug-likeness (QED) is 0.864. The Hall–Kier alpha value is -1.06. The second-order valence-corrected chi connectivity index (χ2v) is 5.26. The van der Waals surface area contributed by atoms with E-state index < -0.39 is 0 Å². The van der Waals surface area contributed by atoms with Gasteiger partial charge in [0.15, 0.2) is 0 Å². The van der Waals surface area contributed by atoms with Gasteiger partial charge in [-0.25, -0.2) is 0 Å². The van der Waals surface area contributed by atoms with Gasteiger partial charge in [-0.1, -0.05) is 12.1 Å². The van der Waals surface area contributed by atoms with E-state index in [4.69, 9.17) is 4.74 Å². The second kappa shape index (κ2) is 5.07. The van der Waals surface area contributed by atoms with Crippen molar-refractivity contribution in [1.29, 1.82) is 0 Å². The molecular weight excluding hydrogens is 212 g/mol. The first-order valence-corrected chi connectivity index (χ1v) is 6.20. The molecule has 0 aliphatic carbocycles. The fraction of sp³-hybridized carbons (Fsp3) is 0.571. The van der Waals surface area contributed by atoms with Gasteiger partial charge in [-0.2, -0.15) is 0 Å². The number of hydrogen-bond acceptors (Lipinski definition) is 3. The van der Waals surface area contributed by atoms with Crippen LogP contribution in [-0.4, -0.2) is 37.2 Å². The highest BCUT2D eigenvalue weighted by molar-refractivity contribution is 5.28. The highest BCUT2D eigenvalue weighted by Gasteiger charge is 2.29. The minimum atomic E-state index is 0.224. The Kier molecular flexibility index (Phi) is 3.69. The molecule has 0 amide bonds. The predicted octanol–water partition coefficient (Wildman–Crippen LogP) is 1.88. The number of methoxy groups -OCH3 is 1. The summed E-state index contributed by atoms with van der Waals surface area (Å²) in [6.45, 7) is 8.80. The second-order valence-electron chi connectivity index (χ2n) is 5.26. The highest BCUT2D eigenvalue weighted by Crippen LogP contribution is 2.21. The molecule has 0 atom stereocenters. The van der Waals surface area contributed by atoms with Crippen LogP contribution in [0, 0.1) is 0 Å². The Morgan fingerprint density at radius 3 is 2.94 bits per heavy atom. The zero-order chi connectivity index (χ0) is 12.3. The Morgan fingerprint density at radius 1 is 1.41 bits per heavy atom. The molecule has 0 radical (unpaired) electrons. The van der Waals surface area contributed by atoms with Crippen molar-refractivity contribution in [2.45, 2.75) is 25.9 Å². The summed E-state index contributed by atoms with van der Waals surface area (Å²) < 4.78 is 5.27. The molecule has 3 nitrogen and oxygen atoms in total. The molecule has 1 heterocycles. The van der Waals surface area contributed by atoms with E-state index in [-0.39, 0.29) is 5.54 Å². The van der Waals surface area contributed by atoms with Crippen LogP contribution in [-0.2, 0) is 6.54 Å². The van der Waals surface area contributed by atoms with E-state index in [0.717, 1.165) is 31.9 Å². The standard InChI is InChI=1S/C14H22N2O/c1-14(2)11-15-7-8-16(14)10-12-5-4-6-13(9-12)17-3/h4-6,9,15H,7-8,10-11H2,1-3H3. The van der Waals surface area contributed by atoms with Gasteiger partial charge in [-0.05, 0) is 31.5 Å². The highest BCUT2D eigenvalue weighted by atomic mass is 16.5. The Balaban J connectivity index is 2.08. The molecule has 2 rings (SSSR count). The number of hydrogen-bond donors (Lipinski definition) is 1. The minimum absolute atomic E-state index is 0.224. The third-order valence-corrected chi connectivity index (χ3v) is 3.48. The van der Waals surface area contributed by atoms with Crippen molar-refractivity contribution in [3.05, 3.63) is 29.8 Å². The zero-order valence-electron chi connectivity index (χ0n) is 11.0. The van der Waals surface area contributed by atoms with Crippen LogP contribution >= 0.6 is 0 Å². The first-order valence-electron chi connectivity index (χ1n) is 6.20. The van der Waals surface area contributed by atoms with Gasteiger partial charge in [0, 0.05) is 31.7 Å². The van der Waals surface area contributed by atoms with Gasteiger partial charge in [-0.15, -0.1) is 0 Å². The molecule has 1 aromatic rings. The lowest BCUT2D eigenvalue weighted by molar-refractivity contribution is 0.0827. The van der Waals surface area contributed by atoms with Gasteiger partial charge >= 0.3 is 0 Å². The van der Waals surface area contributed by atoms with Crippen molar-refractivity contribution in [3.8, 4) is 5.75 Å². The average Bonchev–Trinajstić information content (AvgIpc) is 2.32. The van der Waals surface area contributed by atoms with E-state index in [1.165, 1.54) is 5.56 Å². The number of benzene rings is 1. The van der Waals surface area contributed by atoms with Crippen molar-refractivity contribution in [2.75, 3.05) is 26.7 Å². The average molecular weight is 234 g/mol. The topological polar surface area (TPSA) is 24.5 Å². The summed E-state index contributed by atoms with van der Waals surface area (Å²) in [4.78, 5) is 2.53. The number of rotatable bonds is 3. The van der Waals surface area contributed by atoms with E-state index >= 15 is 0 Å². The van der Waals surface area contributed by atoms with Gasteiger partial charge < -0.3 is 10.1 Å². The maximum absolute atomic E-state index is 5.27. The molecule has 1 aliphatic rings. The smallest absolute Gasteiger partial charge is 0.119 e. The van der Waals surface area contributed by atoms with Crippen LogP contribution in [0.1, 0.15) is 19.4 Å². The normalized spacial score (nSPS) is 20.2. The molecule has 0 saturated carbocycles. The first-order chi connectivity index (χ1) is 8.12. The van der Waals surface area contributed by atoms with E-state index in [1.807, 2.05) is 6.07 Å². The van der Waals surface area contributed by atoms with Crippen molar-refractivity contribution in [2.24, 2.45) is 0 Å². The van der Waals surface area contributed by atoms with Gasteiger partial charge in [0.05, 0.1) is 7.11 Å². The van der Waals surface area contributed by atoms with Gasteiger partial charge in [0.1, 0.15) is 5.75 Å². The van der Waals surface area contributed by atoms with Crippen LogP contribution in [0.3, 0.4) is 0 Å². The summed E-state index contributed by atoms with van der Waals surface area (Å²) in [6.07, 6.45) is 0. The predicted molar refractivity (Wildman–Crippen MR) is 70.4 cm³/mol. The van der Waals surface area contributed by atoms with Crippen LogP contribution in [0.15, 0.2) is 24.3 Å². The molecule has 1 saturated heterocycles. The summed E-state index contributed by atoms with van der Waals surface area (Å²) >= 11 is 0. The SMILES string of the molecule is COc1cccc(CN2CCNCC2(C)C)c1. The van der Waals surface area contributed by atoms with Crippen molar-refractivity contribution in [3.63, 3.8) is 0 Å². The number of nitrogens with zero attached hydrogens (tertiary/aromatic N) is 1. The number of ether oxygens (including phenoxy) is 1. The van der Waals surface area contributed by atoms with Crippen LogP contribution in [0.25, 0.3) is 0 Å². The Bertz CT molecular complexity index is 376. The molecule has 1 fully saturated rings. The molecule has 3 heteroatoms. The van der Waals surface area contributed by atoms with Gasteiger partial charge in [0.25, 0.3) is 0 Å². The first kappa shape index (κ1) is 12.4. The van der Waals surface area contributed by atoms with E-state index in [1.54, 1.807) is 7.11 Å². The molecule has 1 aliphatic heterocycles. The third kappa shape index (κ3) is 2.99. The van der Waals surface area contributed by atoms with Crippen molar-refractivity contribution < 1.29 is 4.74 Å². The van der Waals surface area contributed by atoms with Crippen molar-refractivity contribution in [1.82, 2.24) is 10.2 Å². The lowest BCUT2D eigenvalue weighted by atomic mass is 9.99. The van der Waals surface area contributed by atoms with Crippen LogP contribution in [0.2, 0.25) is 0 Å². The number of nitrogens with one attached hydrogen (secondary N) is 1. The summed E-state index contributed by atoms with van der Waals surface area (Å²) in [6, 6.07) is 8.34. The maximum Gasteiger partial charge on any atom is 0.119 e. The van der Waals surface area contributed by atoms with E-state index in [9.17, 15) is 0 Å².